The Morgan fingerprint density at radius 2 is 2.08 bits per heavy atom. The molecule has 1 aromatic rings. The summed E-state index contributed by atoms with van der Waals surface area (Å²) in [6.45, 7) is 0. The van der Waals surface area contributed by atoms with Crippen LogP contribution in [0.4, 0.5) is 0 Å². The van der Waals surface area contributed by atoms with Gasteiger partial charge < -0.3 is 0 Å². The van der Waals surface area contributed by atoms with E-state index in [2.05, 4.69) is 6.07 Å². The van der Waals surface area contributed by atoms with E-state index in [9.17, 15) is 0 Å². The van der Waals surface area contributed by atoms with Crippen LogP contribution in [0.1, 0.15) is 34.6 Å². The van der Waals surface area contributed by atoms with Gasteiger partial charge in [0.2, 0.25) is 0 Å². The van der Waals surface area contributed by atoms with Crippen LogP contribution in [0.5, 0.6) is 0 Å². The molecule has 0 saturated heterocycles. The molecule has 0 atom stereocenters. The van der Waals surface area contributed by atoms with E-state index in [-0.39, 0.29) is 0 Å². The van der Waals surface area contributed by atoms with Gasteiger partial charge in [0.25, 0.3) is 0 Å². The van der Waals surface area contributed by atoms with Crippen molar-refractivity contribution in [1.29, 1.82) is 0 Å². The molecular weight excluding hydrogens is 188 g/mol. The lowest BCUT2D eigenvalue weighted by Crippen LogP contribution is -1.80. The summed E-state index contributed by atoms with van der Waals surface area (Å²) in [4.78, 5) is 2.95. The Morgan fingerprint density at radius 1 is 1.25 bits per heavy atom. The Morgan fingerprint density at radius 3 is 2.92 bits per heavy atom. The summed E-state index contributed by atoms with van der Waals surface area (Å²) >= 11 is 7.71. The Balaban J connectivity index is 2.26. The minimum absolute atomic E-state index is 0.692. The molecule has 1 aromatic heterocycles. The Labute approximate surface area is 82.6 Å². The van der Waals surface area contributed by atoms with Crippen molar-refractivity contribution in [2.45, 2.75) is 38.0 Å². The molecule has 0 aliphatic heterocycles. The molecule has 0 bridgehead atoms. The summed E-state index contributed by atoms with van der Waals surface area (Å²) in [5.41, 5.74) is 1.58. The van der Waals surface area contributed by atoms with Gasteiger partial charge in [-0.15, -0.1) is 22.9 Å². The first-order valence-electron chi connectivity index (χ1n) is 4.56. The Bertz CT molecular complexity index is 241. The third-order valence-corrected chi connectivity index (χ3v) is 4.11. The smallest absolute Gasteiger partial charge is 0.0568 e. The lowest BCUT2D eigenvalue weighted by atomic mass is 10.1. The molecule has 0 aromatic carbocycles. The second-order valence-electron chi connectivity index (χ2n) is 3.36. The lowest BCUT2D eigenvalue weighted by molar-refractivity contribution is 0.712. The van der Waals surface area contributed by atoms with Crippen LogP contribution in [-0.4, -0.2) is 0 Å². The van der Waals surface area contributed by atoms with Crippen molar-refractivity contribution >= 4 is 22.9 Å². The minimum Gasteiger partial charge on any atom is -0.144 e. The third kappa shape index (κ3) is 1.67. The van der Waals surface area contributed by atoms with Crippen molar-refractivity contribution < 1.29 is 0 Å². The largest absolute Gasteiger partial charge is 0.144 e. The normalized spacial score (nSPS) is 17.1. The van der Waals surface area contributed by atoms with Crippen molar-refractivity contribution in [3.8, 4) is 0 Å². The van der Waals surface area contributed by atoms with Gasteiger partial charge in [-0.05, 0) is 37.3 Å². The van der Waals surface area contributed by atoms with Crippen molar-refractivity contribution in [2.75, 3.05) is 0 Å². The molecule has 1 heterocycles. The van der Waals surface area contributed by atoms with E-state index in [1.807, 2.05) is 11.3 Å². The highest BCUT2D eigenvalue weighted by Crippen LogP contribution is 2.29. The maximum absolute atomic E-state index is 5.80. The van der Waals surface area contributed by atoms with Crippen LogP contribution in [0.25, 0.3) is 0 Å². The first kappa shape index (κ1) is 8.58. The van der Waals surface area contributed by atoms with Crippen molar-refractivity contribution in [1.82, 2.24) is 0 Å². The van der Waals surface area contributed by atoms with E-state index in [0.717, 1.165) is 0 Å². The number of hydrogen-bond donors (Lipinski definition) is 0. The second kappa shape index (κ2) is 3.80. The van der Waals surface area contributed by atoms with Crippen LogP contribution in [0, 0.1) is 0 Å². The fraction of sp³-hybridized carbons (Fsp3) is 0.600. The molecule has 1 aliphatic rings. The molecule has 66 valence electrons. The maximum Gasteiger partial charge on any atom is 0.0568 e. The molecule has 0 amide bonds. The predicted molar refractivity (Wildman–Crippen MR) is 55.1 cm³/mol. The molecule has 0 nitrogen and oxygen atoms in total. The van der Waals surface area contributed by atoms with Crippen LogP contribution in [0.15, 0.2) is 6.07 Å². The Hall–Kier alpha value is -0.0100. The molecule has 0 fully saturated rings. The summed E-state index contributed by atoms with van der Waals surface area (Å²) in [7, 11) is 0. The summed E-state index contributed by atoms with van der Waals surface area (Å²) < 4.78 is 0. The summed E-state index contributed by atoms with van der Waals surface area (Å²) in [5.74, 6) is 0.692. The van der Waals surface area contributed by atoms with E-state index in [1.165, 1.54) is 37.0 Å². The monoisotopic (exact) mass is 200 g/mol. The number of thiophene rings is 1. The van der Waals surface area contributed by atoms with E-state index in [1.54, 1.807) is 10.4 Å². The fourth-order valence-electron chi connectivity index (χ4n) is 1.79. The quantitative estimate of drug-likeness (QED) is 0.479. The van der Waals surface area contributed by atoms with Gasteiger partial charge in [-0.2, -0.15) is 0 Å². The molecule has 0 unspecified atom stereocenters. The maximum atomic E-state index is 5.80. The van der Waals surface area contributed by atoms with Gasteiger partial charge in [0.1, 0.15) is 0 Å². The van der Waals surface area contributed by atoms with Crippen LogP contribution in [0.2, 0.25) is 0 Å². The summed E-state index contributed by atoms with van der Waals surface area (Å²) in [6.07, 6.45) is 6.71. The predicted octanol–water partition coefficient (Wildman–Crippen LogP) is 3.76. The summed E-state index contributed by atoms with van der Waals surface area (Å²) in [6, 6.07) is 2.30. The molecule has 2 rings (SSSR count). The zero-order chi connectivity index (χ0) is 8.39. The lowest BCUT2D eigenvalue weighted by Gasteiger charge is -1.92. The standard InChI is InChI=1S/C10H13ClS/c11-7-9-6-8-4-2-1-3-5-10(8)12-9/h6H,1-5,7H2. The molecule has 0 spiro atoms. The van der Waals surface area contributed by atoms with Crippen LogP contribution < -0.4 is 0 Å². The topological polar surface area (TPSA) is 0 Å². The minimum atomic E-state index is 0.692. The average Bonchev–Trinajstić information content (AvgIpc) is 2.37. The molecule has 0 N–H and O–H groups in total. The highest BCUT2D eigenvalue weighted by Gasteiger charge is 2.11. The molecule has 12 heavy (non-hydrogen) atoms. The number of halogens is 1. The summed E-state index contributed by atoms with van der Waals surface area (Å²) in [5, 5.41) is 0. The van der Waals surface area contributed by atoms with Gasteiger partial charge in [-0.25, -0.2) is 0 Å². The van der Waals surface area contributed by atoms with Crippen molar-refractivity contribution in [3.05, 3.63) is 21.4 Å². The highest BCUT2D eigenvalue weighted by atomic mass is 35.5. The van der Waals surface area contributed by atoms with E-state index < -0.39 is 0 Å². The number of alkyl halides is 1. The first-order valence-corrected chi connectivity index (χ1v) is 5.91. The Kier molecular flexibility index (Phi) is 2.72. The first-order chi connectivity index (χ1) is 5.90. The number of hydrogen-bond acceptors (Lipinski definition) is 1. The van der Waals surface area contributed by atoms with E-state index >= 15 is 0 Å². The fourth-order valence-corrected chi connectivity index (χ4v) is 3.15. The van der Waals surface area contributed by atoms with Crippen molar-refractivity contribution in [3.63, 3.8) is 0 Å². The average molecular weight is 201 g/mol. The van der Waals surface area contributed by atoms with E-state index in [4.69, 9.17) is 11.6 Å². The molecule has 2 heteroatoms. The highest BCUT2D eigenvalue weighted by molar-refractivity contribution is 7.12. The molecule has 0 radical (unpaired) electrons. The van der Waals surface area contributed by atoms with Gasteiger partial charge in [0.15, 0.2) is 0 Å². The second-order valence-corrected chi connectivity index (χ2v) is 4.84. The van der Waals surface area contributed by atoms with Crippen LogP contribution in [-0.2, 0) is 18.7 Å². The molecular formula is C10H13ClS. The van der Waals surface area contributed by atoms with Gasteiger partial charge >= 0.3 is 0 Å². The van der Waals surface area contributed by atoms with Crippen LogP contribution >= 0.6 is 22.9 Å². The van der Waals surface area contributed by atoms with E-state index in [0.29, 0.717) is 5.88 Å². The van der Waals surface area contributed by atoms with Gasteiger partial charge in [-0.1, -0.05) is 6.42 Å². The molecule has 0 saturated carbocycles. The zero-order valence-electron chi connectivity index (χ0n) is 7.11. The SMILES string of the molecule is ClCc1cc2c(s1)CCCCC2. The van der Waals surface area contributed by atoms with Gasteiger partial charge in [0, 0.05) is 9.75 Å². The third-order valence-electron chi connectivity index (χ3n) is 2.43. The number of fused-ring (bicyclic) bond motifs is 1. The van der Waals surface area contributed by atoms with Crippen molar-refractivity contribution in [2.24, 2.45) is 0 Å². The van der Waals surface area contributed by atoms with Gasteiger partial charge in [-0.3, -0.25) is 0 Å². The number of aryl methyl sites for hydroxylation is 2. The van der Waals surface area contributed by atoms with Gasteiger partial charge in [0.05, 0.1) is 5.88 Å². The van der Waals surface area contributed by atoms with Crippen LogP contribution in [0.3, 0.4) is 0 Å². The zero-order valence-corrected chi connectivity index (χ0v) is 8.68. The number of rotatable bonds is 1. The molecule has 1 aliphatic carbocycles.